The third-order valence-electron chi connectivity index (χ3n) is 3.37. The number of fused-ring (bicyclic) bond motifs is 1. The van der Waals surface area contributed by atoms with Crippen molar-refractivity contribution in [3.8, 4) is 11.4 Å². The second-order valence-corrected chi connectivity index (χ2v) is 5.95. The lowest BCUT2D eigenvalue weighted by Crippen LogP contribution is -2.06. The SMILES string of the molecule is Cc1sc(N)c(-c2nnc3ccc(C(F)(F)F)cn23)c1C. The average Bonchev–Trinajstić information content (AvgIpc) is 2.90. The van der Waals surface area contributed by atoms with Gasteiger partial charge in [0, 0.05) is 11.1 Å². The summed E-state index contributed by atoms with van der Waals surface area (Å²) in [6, 6.07) is 2.28. The van der Waals surface area contributed by atoms with Crippen LogP contribution in [0.3, 0.4) is 0 Å². The molecule has 110 valence electrons. The summed E-state index contributed by atoms with van der Waals surface area (Å²) in [7, 11) is 0. The Kier molecular flexibility index (Phi) is 2.94. The van der Waals surface area contributed by atoms with Crippen LogP contribution >= 0.6 is 11.3 Å². The molecule has 4 nitrogen and oxygen atoms in total. The van der Waals surface area contributed by atoms with Gasteiger partial charge < -0.3 is 5.73 Å². The highest BCUT2D eigenvalue weighted by atomic mass is 32.1. The molecule has 0 amide bonds. The maximum absolute atomic E-state index is 12.8. The second kappa shape index (κ2) is 4.45. The van der Waals surface area contributed by atoms with Crippen LogP contribution in [0.25, 0.3) is 17.0 Å². The Morgan fingerprint density at radius 1 is 1.19 bits per heavy atom. The molecule has 8 heteroatoms. The summed E-state index contributed by atoms with van der Waals surface area (Å²) in [5, 5.41) is 8.43. The summed E-state index contributed by atoms with van der Waals surface area (Å²) in [6.07, 6.45) is -3.42. The van der Waals surface area contributed by atoms with Crippen LogP contribution in [0.1, 0.15) is 16.0 Å². The Morgan fingerprint density at radius 3 is 2.48 bits per heavy atom. The molecule has 0 radical (unpaired) electrons. The fourth-order valence-corrected chi connectivity index (χ4v) is 3.09. The number of hydrogen-bond acceptors (Lipinski definition) is 4. The van der Waals surface area contributed by atoms with Crippen molar-refractivity contribution < 1.29 is 13.2 Å². The van der Waals surface area contributed by atoms with Gasteiger partial charge in [-0.3, -0.25) is 4.40 Å². The van der Waals surface area contributed by atoms with Crippen LogP contribution in [0.15, 0.2) is 18.3 Å². The summed E-state index contributed by atoms with van der Waals surface area (Å²) < 4.78 is 39.9. The van der Waals surface area contributed by atoms with Crippen LogP contribution in [0.2, 0.25) is 0 Å². The lowest BCUT2D eigenvalue weighted by atomic mass is 10.1. The molecule has 3 aromatic heterocycles. The van der Waals surface area contributed by atoms with E-state index in [9.17, 15) is 13.2 Å². The van der Waals surface area contributed by atoms with Crippen LogP contribution in [0.5, 0.6) is 0 Å². The van der Waals surface area contributed by atoms with Crippen molar-refractivity contribution in [2.75, 3.05) is 5.73 Å². The molecule has 0 aliphatic rings. The summed E-state index contributed by atoms with van der Waals surface area (Å²) in [4.78, 5) is 1.01. The van der Waals surface area contributed by atoms with E-state index in [1.807, 2.05) is 13.8 Å². The number of rotatable bonds is 1. The zero-order chi connectivity index (χ0) is 15.4. The van der Waals surface area contributed by atoms with Gasteiger partial charge in [0.15, 0.2) is 11.5 Å². The van der Waals surface area contributed by atoms with Gasteiger partial charge in [0.05, 0.1) is 16.1 Å². The van der Waals surface area contributed by atoms with Gasteiger partial charge in [-0.1, -0.05) is 0 Å². The maximum atomic E-state index is 12.8. The van der Waals surface area contributed by atoms with Gasteiger partial charge >= 0.3 is 6.18 Å². The van der Waals surface area contributed by atoms with Gasteiger partial charge in [-0.05, 0) is 31.5 Å². The Labute approximate surface area is 122 Å². The predicted octanol–water partition coefficient (Wildman–Crippen LogP) is 3.68. The van der Waals surface area contributed by atoms with Gasteiger partial charge in [0.2, 0.25) is 0 Å². The monoisotopic (exact) mass is 312 g/mol. The highest BCUT2D eigenvalue weighted by molar-refractivity contribution is 7.16. The molecular weight excluding hydrogens is 301 g/mol. The van der Waals surface area contributed by atoms with Crippen molar-refractivity contribution in [3.63, 3.8) is 0 Å². The molecule has 0 fully saturated rings. The minimum Gasteiger partial charge on any atom is -0.390 e. The Morgan fingerprint density at radius 2 is 1.90 bits per heavy atom. The van der Waals surface area contributed by atoms with E-state index >= 15 is 0 Å². The molecule has 0 aliphatic carbocycles. The van der Waals surface area contributed by atoms with Crippen molar-refractivity contribution in [2.24, 2.45) is 0 Å². The van der Waals surface area contributed by atoms with Gasteiger partial charge in [-0.2, -0.15) is 13.2 Å². The molecule has 0 saturated carbocycles. The Hall–Kier alpha value is -2.09. The average molecular weight is 312 g/mol. The predicted molar refractivity (Wildman–Crippen MR) is 75.2 cm³/mol. The van der Waals surface area contributed by atoms with E-state index in [-0.39, 0.29) is 0 Å². The summed E-state index contributed by atoms with van der Waals surface area (Å²) in [5.74, 6) is 0.329. The number of alkyl halides is 3. The highest BCUT2D eigenvalue weighted by Gasteiger charge is 2.31. The quantitative estimate of drug-likeness (QED) is 0.746. The zero-order valence-electron chi connectivity index (χ0n) is 11.2. The third-order valence-corrected chi connectivity index (χ3v) is 4.40. The number of aryl methyl sites for hydroxylation is 1. The van der Waals surface area contributed by atoms with Crippen molar-refractivity contribution in [3.05, 3.63) is 34.3 Å². The van der Waals surface area contributed by atoms with E-state index in [0.29, 0.717) is 22.0 Å². The standard InChI is InChI=1S/C13H11F3N4S/c1-6-7(2)21-11(17)10(6)12-19-18-9-4-3-8(5-20(9)12)13(14,15)16/h3-5H,17H2,1-2H3. The smallest absolute Gasteiger partial charge is 0.390 e. The third kappa shape index (κ3) is 2.15. The van der Waals surface area contributed by atoms with Gasteiger partial charge in [-0.25, -0.2) is 0 Å². The van der Waals surface area contributed by atoms with Crippen LogP contribution in [-0.2, 0) is 6.18 Å². The number of hydrogen-bond donors (Lipinski definition) is 1. The molecule has 3 aromatic rings. The van der Waals surface area contributed by atoms with Crippen LogP contribution in [0.4, 0.5) is 18.2 Å². The number of anilines is 1. The first-order valence-corrected chi connectivity index (χ1v) is 6.88. The number of thiophene rings is 1. The van der Waals surface area contributed by atoms with E-state index in [1.165, 1.54) is 21.8 Å². The Bertz CT molecular complexity index is 832. The lowest BCUT2D eigenvalue weighted by molar-refractivity contribution is -0.137. The zero-order valence-corrected chi connectivity index (χ0v) is 12.0. The molecule has 0 aliphatic heterocycles. The number of nitrogen functional groups attached to an aromatic ring is 1. The second-order valence-electron chi connectivity index (χ2n) is 4.69. The highest BCUT2D eigenvalue weighted by Crippen LogP contribution is 2.38. The van der Waals surface area contributed by atoms with E-state index in [4.69, 9.17) is 5.73 Å². The molecule has 3 rings (SSSR count). The maximum Gasteiger partial charge on any atom is 0.417 e. The largest absolute Gasteiger partial charge is 0.417 e. The van der Waals surface area contributed by atoms with Gasteiger partial charge in [0.1, 0.15) is 0 Å². The Balaban J connectivity index is 2.28. The van der Waals surface area contributed by atoms with E-state index in [2.05, 4.69) is 10.2 Å². The molecule has 0 atom stereocenters. The minimum absolute atomic E-state index is 0.329. The first-order chi connectivity index (χ1) is 9.79. The molecule has 21 heavy (non-hydrogen) atoms. The molecular formula is C13H11F3N4S. The summed E-state index contributed by atoms with van der Waals surface area (Å²) >= 11 is 1.39. The molecule has 0 unspecified atom stereocenters. The number of nitrogens with two attached hydrogens (primary N) is 1. The topological polar surface area (TPSA) is 56.2 Å². The fraction of sp³-hybridized carbons (Fsp3) is 0.231. The molecule has 0 bridgehead atoms. The molecule has 0 spiro atoms. The van der Waals surface area contributed by atoms with Crippen molar-refractivity contribution >= 4 is 22.0 Å². The van der Waals surface area contributed by atoms with E-state index < -0.39 is 11.7 Å². The fourth-order valence-electron chi connectivity index (χ4n) is 2.16. The molecule has 0 saturated heterocycles. The number of pyridine rings is 1. The van der Waals surface area contributed by atoms with E-state index in [1.54, 1.807) is 0 Å². The van der Waals surface area contributed by atoms with Crippen LogP contribution < -0.4 is 5.73 Å². The lowest BCUT2D eigenvalue weighted by Gasteiger charge is -2.07. The van der Waals surface area contributed by atoms with Crippen LogP contribution in [-0.4, -0.2) is 14.6 Å². The first-order valence-electron chi connectivity index (χ1n) is 6.07. The number of halogens is 3. The van der Waals surface area contributed by atoms with Crippen molar-refractivity contribution in [1.82, 2.24) is 14.6 Å². The van der Waals surface area contributed by atoms with Gasteiger partial charge in [-0.15, -0.1) is 21.5 Å². The number of aromatic nitrogens is 3. The molecule has 2 N–H and O–H groups in total. The van der Waals surface area contributed by atoms with Gasteiger partial charge in [0.25, 0.3) is 0 Å². The summed E-state index contributed by atoms with van der Waals surface area (Å²) in [5.41, 5.74) is 7.11. The minimum atomic E-state index is -4.42. The molecule has 0 aromatic carbocycles. The normalized spacial score (nSPS) is 12.2. The van der Waals surface area contributed by atoms with Crippen molar-refractivity contribution in [2.45, 2.75) is 20.0 Å². The first kappa shape index (κ1) is 13.9. The van der Waals surface area contributed by atoms with Crippen LogP contribution in [0, 0.1) is 13.8 Å². The van der Waals surface area contributed by atoms with E-state index in [0.717, 1.165) is 22.7 Å². The molecule has 3 heterocycles. The number of nitrogens with zero attached hydrogens (tertiary/aromatic N) is 3. The van der Waals surface area contributed by atoms with Crippen molar-refractivity contribution in [1.29, 1.82) is 0 Å². The summed E-state index contributed by atoms with van der Waals surface area (Å²) in [6.45, 7) is 3.77.